The van der Waals surface area contributed by atoms with Gasteiger partial charge in [-0.25, -0.2) is 0 Å². The lowest BCUT2D eigenvalue weighted by Crippen LogP contribution is -2.51. The minimum absolute atomic E-state index is 0.241. The minimum Gasteiger partial charge on any atom is -0.340 e. The van der Waals surface area contributed by atoms with Crippen LogP contribution in [0.1, 0.15) is 51.0 Å². The highest BCUT2D eigenvalue weighted by Crippen LogP contribution is 2.31. The van der Waals surface area contributed by atoms with Gasteiger partial charge < -0.3 is 9.80 Å². The molecule has 1 atom stereocenters. The number of carbonyl (C=O) groups is 1. The highest BCUT2D eigenvalue weighted by atomic mass is 16.2. The molecule has 0 aromatic heterocycles. The normalized spacial score (nSPS) is 25.0. The predicted octanol–water partition coefficient (Wildman–Crippen LogP) is 3.42. The summed E-state index contributed by atoms with van der Waals surface area (Å²) in [4.78, 5) is 20.5. The summed E-state index contributed by atoms with van der Waals surface area (Å²) in [5, 5.41) is 0. The summed E-state index contributed by atoms with van der Waals surface area (Å²) in [7, 11) is 0. The highest BCUT2D eigenvalue weighted by molar-refractivity contribution is 5.79. The Balaban J connectivity index is 1.23. The Morgan fingerprint density at radius 3 is 2.46 bits per heavy atom. The third-order valence-corrected chi connectivity index (χ3v) is 7.05. The smallest absolute Gasteiger partial charge is 0.227 e. The molecule has 1 aromatic rings. The van der Waals surface area contributed by atoms with E-state index in [1.54, 1.807) is 0 Å². The summed E-state index contributed by atoms with van der Waals surface area (Å²) in [5.74, 6) is 0.681. The lowest BCUT2D eigenvalue weighted by atomic mass is 9.92. The second-order valence-corrected chi connectivity index (χ2v) is 9.00. The first-order chi connectivity index (χ1) is 13.7. The molecule has 1 aliphatic carbocycles. The van der Waals surface area contributed by atoms with Crippen molar-refractivity contribution < 1.29 is 4.79 Å². The van der Waals surface area contributed by atoms with Crippen LogP contribution in [0.4, 0.5) is 0 Å². The van der Waals surface area contributed by atoms with E-state index in [2.05, 4.69) is 52.0 Å². The molecule has 0 bridgehead atoms. The van der Waals surface area contributed by atoms with Gasteiger partial charge in [0.1, 0.15) is 0 Å². The molecule has 1 amide bonds. The Hall–Kier alpha value is -1.39. The Labute approximate surface area is 170 Å². The van der Waals surface area contributed by atoms with Gasteiger partial charge >= 0.3 is 0 Å². The van der Waals surface area contributed by atoms with Gasteiger partial charge in [0.05, 0.1) is 5.92 Å². The van der Waals surface area contributed by atoms with E-state index in [-0.39, 0.29) is 5.92 Å². The zero-order valence-corrected chi connectivity index (χ0v) is 17.6. The van der Waals surface area contributed by atoms with Crippen molar-refractivity contribution in [1.29, 1.82) is 0 Å². The Morgan fingerprint density at radius 2 is 1.79 bits per heavy atom. The average molecular weight is 384 g/mol. The summed E-state index contributed by atoms with van der Waals surface area (Å²) in [5.41, 5.74) is 1.44. The molecule has 0 radical (unpaired) electrons. The predicted molar refractivity (Wildman–Crippen MR) is 114 cm³/mol. The minimum atomic E-state index is 0.241. The third-order valence-electron chi connectivity index (χ3n) is 7.05. The van der Waals surface area contributed by atoms with Gasteiger partial charge in [0.2, 0.25) is 5.91 Å². The molecule has 2 aliphatic heterocycles. The summed E-state index contributed by atoms with van der Waals surface area (Å²) < 4.78 is 0. The molecular formula is C24H37N3O. The molecule has 0 N–H and O–H groups in total. The fourth-order valence-corrected chi connectivity index (χ4v) is 5.19. The molecule has 28 heavy (non-hydrogen) atoms. The number of piperidine rings is 2. The van der Waals surface area contributed by atoms with E-state index in [9.17, 15) is 4.79 Å². The second-order valence-electron chi connectivity index (χ2n) is 9.00. The number of rotatable bonds is 7. The summed E-state index contributed by atoms with van der Waals surface area (Å²) in [6.07, 6.45) is 8.39. The van der Waals surface area contributed by atoms with Crippen molar-refractivity contribution in [3.8, 4) is 0 Å². The molecule has 4 rings (SSSR count). The van der Waals surface area contributed by atoms with E-state index < -0.39 is 0 Å². The number of likely N-dealkylation sites (tertiary alicyclic amines) is 2. The van der Waals surface area contributed by atoms with E-state index >= 15 is 0 Å². The van der Waals surface area contributed by atoms with Crippen molar-refractivity contribution in [2.45, 2.75) is 64.0 Å². The van der Waals surface area contributed by atoms with Crippen molar-refractivity contribution in [1.82, 2.24) is 14.7 Å². The highest BCUT2D eigenvalue weighted by Gasteiger charge is 2.37. The monoisotopic (exact) mass is 383 g/mol. The number of hydrogen-bond donors (Lipinski definition) is 0. The number of carbonyl (C=O) groups excluding carboxylic acids is 1. The largest absolute Gasteiger partial charge is 0.340 e. The van der Waals surface area contributed by atoms with Crippen LogP contribution in [0.5, 0.6) is 0 Å². The van der Waals surface area contributed by atoms with Crippen LogP contribution >= 0.6 is 0 Å². The maximum absolute atomic E-state index is 13.0. The van der Waals surface area contributed by atoms with Crippen LogP contribution in [-0.4, -0.2) is 72.0 Å². The number of nitrogens with zero attached hydrogens (tertiary/aromatic N) is 3. The topological polar surface area (TPSA) is 26.8 Å². The van der Waals surface area contributed by atoms with Crippen molar-refractivity contribution in [2.24, 2.45) is 5.92 Å². The Kier molecular flexibility index (Phi) is 6.69. The second kappa shape index (κ2) is 9.41. The summed E-state index contributed by atoms with van der Waals surface area (Å²) >= 11 is 0. The zero-order chi connectivity index (χ0) is 19.3. The fraction of sp³-hybridized carbons (Fsp3) is 0.708. The van der Waals surface area contributed by atoms with E-state index in [4.69, 9.17) is 0 Å². The zero-order valence-electron chi connectivity index (χ0n) is 17.6. The molecule has 0 unspecified atom stereocenters. The van der Waals surface area contributed by atoms with E-state index in [0.717, 1.165) is 25.9 Å². The van der Waals surface area contributed by atoms with Crippen molar-refractivity contribution in [2.75, 3.05) is 39.3 Å². The first kappa shape index (κ1) is 19.9. The van der Waals surface area contributed by atoms with Gasteiger partial charge in [0, 0.05) is 31.7 Å². The van der Waals surface area contributed by atoms with E-state index in [1.807, 2.05) is 0 Å². The van der Waals surface area contributed by atoms with Crippen LogP contribution in [0.25, 0.3) is 0 Å². The molecular weight excluding hydrogens is 346 g/mol. The van der Waals surface area contributed by atoms with Crippen molar-refractivity contribution in [3.63, 3.8) is 0 Å². The SMILES string of the molecule is CCN(C(=O)[C@@H]1CCCN(C2CCN(CCc3ccccc3)CC2)C1)C1CC1. The number of hydrogen-bond acceptors (Lipinski definition) is 3. The first-order valence-electron chi connectivity index (χ1n) is 11.6. The number of amides is 1. The van der Waals surface area contributed by atoms with Gasteiger partial charge in [-0.15, -0.1) is 0 Å². The number of benzene rings is 1. The lowest BCUT2D eigenvalue weighted by Gasteiger charge is -2.42. The molecule has 1 aromatic carbocycles. The van der Waals surface area contributed by atoms with Gasteiger partial charge in [-0.05, 0) is 77.1 Å². The van der Waals surface area contributed by atoms with Crippen molar-refractivity contribution in [3.05, 3.63) is 35.9 Å². The summed E-state index contributed by atoms with van der Waals surface area (Å²) in [6, 6.07) is 12.1. The van der Waals surface area contributed by atoms with Gasteiger partial charge in [-0.1, -0.05) is 30.3 Å². The maximum Gasteiger partial charge on any atom is 0.227 e. The Bertz CT molecular complexity index is 622. The van der Waals surface area contributed by atoms with E-state index in [0.29, 0.717) is 18.0 Å². The molecule has 0 spiro atoms. The Morgan fingerprint density at radius 1 is 1.04 bits per heavy atom. The maximum atomic E-state index is 13.0. The van der Waals surface area contributed by atoms with Crippen LogP contribution in [0.15, 0.2) is 30.3 Å². The standard InChI is InChI=1S/C24H37N3O/c1-2-27(23-10-11-23)24(28)21-9-6-15-26(19-21)22-13-17-25(18-14-22)16-12-20-7-4-3-5-8-20/h3-5,7-8,21-23H,2,6,9-19H2,1H3/t21-/m1/s1. The molecule has 3 fully saturated rings. The van der Waals surface area contributed by atoms with Gasteiger partial charge in [-0.2, -0.15) is 0 Å². The summed E-state index contributed by atoms with van der Waals surface area (Å²) in [6.45, 7) is 8.79. The molecule has 2 saturated heterocycles. The van der Waals surface area contributed by atoms with Crippen LogP contribution in [0, 0.1) is 5.92 Å². The molecule has 2 heterocycles. The van der Waals surface area contributed by atoms with Crippen LogP contribution in [0.3, 0.4) is 0 Å². The fourth-order valence-electron chi connectivity index (χ4n) is 5.19. The molecule has 1 saturated carbocycles. The molecule has 4 nitrogen and oxygen atoms in total. The van der Waals surface area contributed by atoms with Crippen LogP contribution in [-0.2, 0) is 11.2 Å². The molecule has 4 heteroatoms. The first-order valence-corrected chi connectivity index (χ1v) is 11.6. The lowest BCUT2D eigenvalue weighted by molar-refractivity contribution is -0.138. The van der Waals surface area contributed by atoms with Crippen LogP contribution in [0.2, 0.25) is 0 Å². The van der Waals surface area contributed by atoms with Gasteiger partial charge in [0.15, 0.2) is 0 Å². The van der Waals surface area contributed by atoms with Crippen molar-refractivity contribution >= 4 is 5.91 Å². The quantitative estimate of drug-likeness (QED) is 0.722. The third kappa shape index (κ3) is 4.96. The molecule has 154 valence electrons. The van der Waals surface area contributed by atoms with Crippen LogP contribution < -0.4 is 0 Å². The van der Waals surface area contributed by atoms with Gasteiger partial charge in [-0.3, -0.25) is 9.69 Å². The van der Waals surface area contributed by atoms with E-state index in [1.165, 1.54) is 63.8 Å². The molecule has 3 aliphatic rings. The average Bonchev–Trinajstić information content (AvgIpc) is 3.59. The van der Waals surface area contributed by atoms with Gasteiger partial charge in [0.25, 0.3) is 0 Å².